The summed E-state index contributed by atoms with van der Waals surface area (Å²) >= 11 is 0. The lowest BCUT2D eigenvalue weighted by molar-refractivity contribution is -0.274. The summed E-state index contributed by atoms with van der Waals surface area (Å²) in [5, 5.41) is 0. The Balaban J connectivity index is 2.02. The van der Waals surface area contributed by atoms with Crippen molar-refractivity contribution in [3.8, 4) is 28.0 Å². The number of halogens is 4. The third kappa shape index (κ3) is 4.48. The standard InChI is InChI=1S/C19H13F4NO3S/c1-28(25,26)18-7-4-13(10-17(18)20)16-11-24-9-8-15(16)12-2-5-14(6-3-12)27-19(21,22)23/h2-11H,1H3. The Hall–Kier alpha value is -2.94. The molecule has 1 aromatic heterocycles. The van der Waals surface area contributed by atoms with Crippen molar-refractivity contribution in [2.45, 2.75) is 11.3 Å². The van der Waals surface area contributed by atoms with Crippen molar-refractivity contribution >= 4 is 9.84 Å². The van der Waals surface area contributed by atoms with Crippen molar-refractivity contribution in [3.05, 3.63) is 66.7 Å². The van der Waals surface area contributed by atoms with Crippen molar-refractivity contribution in [1.82, 2.24) is 4.98 Å². The first-order valence-electron chi connectivity index (χ1n) is 7.85. The van der Waals surface area contributed by atoms with Crippen LogP contribution in [0, 0.1) is 5.82 Å². The van der Waals surface area contributed by atoms with Crippen LogP contribution >= 0.6 is 0 Å². The number of hydrogen-bond donors (Lipinski definition) is 0. The van der Waals surface area contributed by atoms with Crippen LogP contribution < -0.4 is 4.74 Å². The summed E-state index contributed by atoms with van der Waals surface area (Å²) in [4.78, 5) is 3.58. The summed E-state index contributed by atoms with van der Waals surface area (Å²) in [6.45, 7) is 0. The minimum atomic E-state index is -4.79. The van der Waals surface area contributed by atoms with E-state index in [0.717, 1.165) is 18.4 Å². The maximum atomic E-state index is 14.3. The van der Waals surface area contributed by atoms with Crippen LogP contribution in [0.25, 0.3) is 22.3 Å². The Morgan fingerprint density at radius 3 is 2.14 bits per heavy atom. The van der Waals surface area contributed by atoms with E-state index in [1.54, 1.807) is 6.07 Å². The summed E-state index contributed by atoms with van der Waals surface area (Å²) < 4.78 is 78.1. The van der Waals surface area contributed by atoms with Crippen LogP contribution in [0.2, 0.25) is 0 Å². The van der Waals surface area contributed by atoms with Gasteiger partial charge in [-0.1, -0.05) is 18.2 Å². The fourth-order valence-electron chi connectivity index (χ4n) is 2.68. The first-order chi connectivity index (χ1) is 13.0. The predicted molar refractivity (Wildman–Crippen MR) is 94.9 cm³/mol. The maximum Gasteiger partial charge on any atom is 0.573 e. The molecule has 0 spiro atoms. The fourth-order valence-corrected chi connectivity index (χ4v) is 3.41. The van der Waals surface area contributed by atoms with Gasteiger partial charge >= 0.3 is 6.36 Å². The van der Waals surface area contributed by atoms with E-state index in [1.807, 2.05) is 0 Å². The molecular formula is C19H13F4NO3S. The van der Waals surface area contributed by atoms with Gasteiger partial charge in [-0.15, -0.1) is 13.2 Å². The Kier molecular flexibility index (Phi) is 5.12. The molecule has 0 saturated heterocycles. The molecule has 3 aromatic rings. The highest BCUT2D eigenvalue weighted by molar-refractivity contribution is 7.90. The Bertz CT molecular complexity index is 1110. The molecule has 0 amide bonds. The third-order valence-corrected chi connectivity index (χ3v) is 4.99. The van der Waals surface area contributed by atoms with Gasteiger partial charge in [0, 0.05) is 24.2 Å². The normalized spacial score (nSPS) is 12.0. The smallest absolute Gasteiger partial charge is 0.406 e. The lowest BCUT2D eigenvalue weighted by atomic mass is 9.96. The molecule has 0 fully saturated rings. The molecule has 28 heavy (non-hydrogen) atoms. The molecule has 0 atom stereocenters. The fraction of sp³-hybridized carbons (Fsp3) is 0.105. The van der Waals surface area contributed by atoms with Crippen LogP contribution in [0.15, 0.2) is 65.8 Å². The van der Waals surface area contributed by atoms with Crippen LogP contribution in [0.1, 0.15) is 0 Å². The maximum absolute atomic E-state index is 14.3. The van der Waals surface area contributed by atoms with Gasteiger partial charge in [-0.2, -0.15) is 0 Å². The number of rotatable bonds is 4. The van der Waals surface area contributed by atoms with Gasteiger partial charge in [0.2, 0.25) is 0 Å². The number of sulfone groups is 1. The molecule has 0 aliphatic rings. The number of nitrogens with zero attached hydrogens (tertiary/aromatic N) is 1. The van der Waals surface area contributed by atoms with Crippen molar-refractivity contribution in [2.24, 2.45) is 0 Å². The zero-order valence-corrected chi connectivity index (χ0v) is 15.2. The topological polar surface area (TPSA) is 56.3 Å². The average Bonchev–Trinajstić information content (AvgIpc) is 2.60. The third-order valence-electron chi connectivity index (χ3n) is 3.86. The van der Waals surface area contributed by atoms with Gasteiger partial charge in [0.15, 0.2) is 9.84 Å². The molecule has 0 N–H and O–H groups in total. The molecule has 0 aliphatic carbocycles. The SMILES string of the molecule is CS(=O)(=O)c1ccc(-c2cnccc2-c2ccc(OC(F)(F)F)cc2)cc1F. The second-order valence-corrected chi connectivity index (χ2v) is 7.89. The van der Waals surface area contributed by atoms with E-state index in [4.69, 9.17) is 0 Å². The lowest BCUT2D eigenvalue weighted by Gasteiger charge is -2.12. The first-order valence-corrected chi connectivity index (χ1v) is 9.74. The molecule has 3 rings (SSSR count). The lowest BCUT2D eigenvalue weighted by Crippen LogP contribution is -2.16. The predicted octanol–water partition coefficient (Wildman–Crippen LogP) is 4.86. The van der Waals surface area contributed by atoms with Crippen LogP contribution in [0.3, 0.4) is 0 Å². The quantitative estimate of drug-likeness (QED) is 0.576. The highest BCUT2D eigenvalue weighted by atomic mass is 32.2. The molecule has 1 heterocycles. The van der Waals surface area contributed by atoms with Crippen molar-refractivity contribution < 1.29 is 30.7 Å². The molecule has 2 aromatic carbocycles. The Morgan fingerprint density at radius 1 is 0.929 bits per heavy atom. The van der Waals surface area contributed by atoms with E-state index in [0.29, 0.717) is 22.3 Å². The summed E-state index contributed by atoms with van der Waals surface area (Å²) in [5.41, 5.74) is 2.01. The minimum Gasteiger partial charge on any atom is -0.406 e. The first kappa shape index (κ1) is 19.8. The molecule has 4 nitrogen and oxygen atoms in total. The minimum absolute atomic E-state index is 0.365. The number of ether oxygens (including phenoxy) is 1. The van der Waals surface area contributed by atoms with Crippen molar-refractivity contribution in [1.29, 1.82) is 0 Å². The van der Waals surface area contributed by atoms with Gasteiger partial charge in [0.25, 0.3) is 0 Å². The molecular weight excluding hydrogens is 398 g/mol. The van der Waals surface area contributed by atoms with Gasteiger partial charge in [-0.05, 0) is 47.0 Å². The molecule has 0 saturated carbocycles. The second kappa shape index (κ2) is 7.23. The van der Waals surface area contributed by atoms with Gasteiger partial charge in [0.1, 0.15) is 16.5 Å². The number of pyridine rings is 1. The molecule has 0 unspecified atom stereocenters. The zero-order chi connectivity index (χ0) is 20.5. The van der Waals surface area contributed by atoms with E-state index in [9.17, 15) is 26.0 Å². The summed E-state index contributed by atoms with van der Waals surface area (Å²) in [5.74, 6) is -1.26. The van der Waals surface area contributed by atoms with E-state index in [-0.39, 0.29) is 5.75 Å². The molecule has 0 aliphatic heterocycles. The largest absolute Gasteiger partial charge is 0.573 e. The van der Waals surface area contributed by atoms with Gasteiger partial charge in [-0.25, -0.2) is 12.8 Å². The average molecular weight is 411 g/mol. The number of aromatic nitrogens is 1. The Morgan fingerprint density at radius 2 is 1.57 bits per heavy atom. The highest BCUT2D eigenvalue weighted by Gasteiger charge is 2.31. The van der Waals surface area contributed by atoms with Crippen LogP contribution in [0.5, 0.6) is 5.75 Å². The van der Waals surface area contributed by atoms with Gasteiger partial charge in [-0.3, -0.25) is 4.98 Å². The number of hydrogen-bond acceptors (Lipinski definition) is 4. The molecule has 9 heteroatoms. The number of alkyl halides is 3. The summed E-state index contributed by atoms with van der Waals surface area (Å²) in [6.07, 6.45) is -0.933. The summed E-state index contributed by atoms with van der Waals surface area (Å²) in [6, 6.07) is 10.5. The van der Waals surface area contributed by atoms with E-state index in [2.05, 4.69) is 9.72 Å². The van der Waals surface area contributed by atoms with E-state index in [1.165, 1.54) is 42.7 Å². The van der Waals surface area contributed by atoms with Crippen LogP contribution in [-0.2, 0) is 9.84 Å². The van der Waals surface area contributed by atoms with Gasteiger partial charge in [0.05, 0.1) is 0 Å². The number of benzene rings is 2. The Labute approximate surface area is 158 Å². The monoisotopic (exact) mass is 411 g/mol. The zero-order valence-electron chi connectivity index (χ0n) is 14.4. The van der Waals surface area contributed by atoms with Crippen LogP contribution in [-0.4, -0.2) is 26.0 Å². The van der Waals surface area contributed by atoms with Gasteiger partial charge < -0.3 is 4.74 Å². The van der Waals surface area contributed by atoms with Crippen molar-refractivity contribution in [2.75, 3.05) is 6.26 Å². The van der Waals surface area contributed by atoms with Crippen LogP contribution in [0.4, 0.5) is 17.6 Å². The van der Waals surface area contributed by atoms with E-state index < -0.39 is 26.9 Å². The van der Waals surface area contributed by atoms with Crippen molar-refractivity contribution in [3.63, 3.8) is 0 Å². The highest BCUT2D eigenvalue weighted by Crippen LogP contribution is 2.34. The summed E-state index contributed by atoms with van der Waals surface area (Å²) in [7, 11) is -3.71. The van der Waals surface area contributed by atoms with E-state index >= 15 is 0 Å². The second-order valence-electron chi connectivity index (χ2n) is 5.91. The molecule has 0 radical (unpaired) electrons. The molecule has 146 valence electrons. The molecule has 0 bridgehead atoms.